The van der Waals surface area contributed by atoms with Crippen LogP contribution >= 0.6 is 0 Å². The van der Waals surface area contributed by atoms with Gasteiger partial charge < -0.3 is 15.0 Å². The number of esters is 1. The second-order valence-corrected chi connectivity index (χ2v) is 6.14. The average molecular weight is 340 g/mol. The maximum absolute atomic E-state index is 12.2. The van der Waals surface area contributed by atoms with Crippen LogP contribution in [0.4, 0.5) is 5.82 Å². The molecule has 2 N–H and O–H groups in total. The SMILES string of the molecule is Cc1cc(C)c2cc(C(=O)OCC(=O)Nc3cc(C)nn3C)[nH]c2c1. The number of aromatic nitrogens is 3. The molecule has 0 fully saturated rings. The molecule has 3 aromatic rings. The maximum Gasteiger partial charge on any atom is 0.355 e. The van der Waals surface area contributed by atoms with Crippen LogP contribution in [0, 0.1) is 20.8 Å². The maximum atomic E-state index is 12.2. The van der Waals surface area contributed by atoms with Gasteiger partial charge in [-0.15, -0.1) is 0 Å². The lowest BCUT2D eigenvalue weighted by Crippen LogP contribution is -2.22. The van der Waals surface area contributed by atoms with Crippen molar-refractivity contribution in [2.75, 3.05) is 11.9 Å². The van der Waals surface area contributed by atoms with Gasteiger partial charge in [-0.3, -0.25) is 9.48 Å². The van der Waals surface area contributed by atoms with Crippen molar-refractivity contribution in [1.82, 2.24) is 14.8 Å². The van der Waals surface area contributed by atoms with E-state index in [1.165, 1.54) is 0 Å². The first-order chi connectivity index (χ1) is 11.8. The predicted molar refractivity (Wildman–Crippen MR) is 94.6 cm³/mol. The summed E-state index contributed by atoms with van der Waals surface area (Å²) in [7, 11) is 1.73. The molecular weight excluding hydrogens is 320 g/mol. The summed E-state index contributed by atoms with van der Waals surface area (Å²) in [6.45, 7) is 5.45. The molecule has 0 saturated heterocycles. The molecule has 0 aliphatic carbocycles. The number of benzene rings is 1. The van der Waals surface area contributed by atoms with Crippen molar-refractivity contribution < 1.29 is 14.3 Å². The van der Waals surface area contributed by atoms with Crippen molar-refractivity contribution in [2.24, 2.45) is 7.05 Å². The highest BCUT2D eigenvalue weighted by atomic mass is 16.5. The molecule has 0 bridgehead atoms. The summed E-state index contributed by atoms with van der Waals surface area (Å²) in [6.07, 6.45) is 0. The number of carbonyl (C=O) groups is 2. The van der Waals surface area contributed by atoms with Crippen molar-refractivity contribution >= 4 is 28.6 Å². The number of ether oxygens (including phenoxy) is 1. The first kappa shape index (κ1) is 16.8. The zero-order chi connectivity index (χ0) is 18.1. The molecule has 2 aromatic heterocycles. The monoisotopic (exact) mass is 340 g/mol. The van der Waals surface area contributed by atoms with Gasteiger partial charge >= 0.3 is 5.97 Å². The van der Waals surface area contributed by atoms with Gasteiger partial charge in [-0.1, -0.05) is 6.07 Å². The lowest BCUT2D eigenvalue weighted by atomic mass is 10.1. The Bertz CT molecular complexity index is 968. The van der Waals surface area contributed by atoms with Crippen LogP contribution in [-0.2, 0) is 16.6 Å². The number of hydrogen-bond donors (Lipinski definition) is 2. The van der Waals surface area contributed by atoms with Crippen molar-refractivity contribution in [3.05, 3.63) is 46.8 Å². The molecule has 0 saturated carbocycles. The van der Waals surface area contributed by atoms with E-state index in [2.05, 4.69) is 21.5 Å². The average Bonchev–Trinajstić information content (AvgIpc) is 3.08. The van der Waals surface area contributed by atoms with Gasteiger partial charge in [-0.05, 0) is 44.0 Å². The van der Waals surface area contributed by atoms with Crippen LogP contribution in [0.5, 0.6) is 0 Å². The van der Waals surface area contributed by atoms with E-state index in [-0.39, 0.29) is 6.61 Å². The minimum Gasteiger partial charge on any atom is -0.451 e. The fourth-order valence-corrected chi connectivity index (χ4v) is 2.82. The van der Waals surface area contributed by atoms with E-state index in [0.29, 0.717) is 11.5 Å². The minimum atomic E-state index is -0.565. The number of aromatic amines is 1. The van der Waals surface area contributed by atoms with Crippen LogP contribution in [-0.4, -0.2) is 33.2 Å². The smallest absolute Gasteiger partial charge is 0.355 e. The van der Waals surface area contributed by atoms with Crippen molar-refractivity contribution in [1.29, 1.82) is 0 Å². The molecule has 1 aromatic carbocycles. The van der Waals surface area contributed by atoms with Crippen LogP contribution in [0.3, 0.4) is 0 Å². The fraction of sp³-hybridized carbons (Fsp3) is 0.278. The molecule has 0 unspecified atom stereocenters. The van der Waals surface area contributed by atoms with Crippen LogP contribution < -0.4 is 5.32 Å². The number of rotatable bonds is 4. The summed E-state index contributed by atoms with van der Waals surface area (Å²) in [4.78, 5) is 27.2. The number of fused-ring (bicyclic) bond motifs is 1. The first-order valence-corrected chi connectivity index (χ1v) is 7.91. The summed E-state index contributed by atoms with van der Waals surface area (Å²) in [5, 5.41) is 7.76. The van der Waals surface area contributed by atoms with Gasteiger partial charge in [0.2, 0.25) is 0 Å². The second-order valence-electron chi connectivity index (χ2n) is 6.14. The van der Waals surface area contributed by atoms with Crippen molar-refractivity contribution in [3.63, 3.8) is 0 Å². The topological polar surface area (TPSA) is 89.0 Å². The minimum absolute atomic E-state index is 0.327. The van der Waals surface area contributed by atoms with Gasteiger partial charge in [0.1, 0.15) is 11.5 Å². The van der Waals surface area contributed by atoms with Gasteiger partial charge in [0, 0.05) is 24.0 Å². The normalized spacial score (nSPS) is 10.9. The Morgan fingerprint density at radius 3 is 2.64 bits per heavy atom. The number of H-pyrrole nitrogens is 1. The molecule has 0 aliphatic heterocycles. The highest BCUT2D eigenvalue weighted by Gasteiger charge is 2.15. The highest BCUT2D eigenvalue weighted by molar-refractivity contribution is 5.98. The Kier molecular flexibility index (Phi) is 4.31. The van der Waals surface area contributed by atoms with E-state index >= 15 is 0 Å². The van der Waals surface area contributed by atoms with Gasteiger partial charge in [0.15, 0.2) is 6.61 Å². The molecule has 2 heterocycles. The molecule has 7 nitrogen and oxygen atoms in total. The zero-order valence-corrected chi connectivity index (χ0v) is 14.6. The third kappa shape index (κ3) is 3.55. The zero-order valence-electron chi connectivity index (χ0n) is 14.6. The Hall–Kier alpha value is -3.09. The van der Waals surface area contributed by atoms with E-state index < -0.39 is 11.9 Å². The van der Waals surface area contributed by atoms with E-state index in [9.17, 15) is 9.59 Å². The summed E-state index contributed by atoms with van der Waals surface area (Å²) in [5.41, 5.74) is 4.18. The molecule has 3 rings (SSSR count). The van der Waals surface area contributed by atoms with E-state index in [0.717, 1.165) is 27.7 Å². The number of amides is 1. The van der Waals surface area contributed by atoms with Crippen molar-refractivity contribution in [3.8, 4) is 0 Å². The third-order valence-electron chi connectivity index (χ3n) is 3.91. The molecular formula is C18H20N4O3. The number of hydrogen-bond acceptors (Lipinski definition) is 4. The second kappa shape index (κ2) is 6.43. The molecule has 0 spiro atoms. The lowest BCUT2D eigenvalue weighted by molar-refractivity contribution is -0.119. The summed E-state index contributed by atoms with van der Waals surface area (Å²) in [6, 6.07) is 7.50. The van der Waals surface area contributed by atoms with Crippen LogP contribution in [0.25, 0.3) is 10.9 Å². The quantitative estimate of drug-likeness (QED) is 0.715. The Balaban J connectivity index is 1.65. The number of nitrogens with one attached hydrogen (secondary N) is 2. The van der Waals surface area contributed by atoms with Gasteiger partial charge in [-0.25, -0.2) is 4.79 Å². The van der Waals surface area contributed by atoms with Crippen LogP contribution in [0.2, 0.25) is 0 Å². The van der Waals surface area contributed by atoms with Crippen LogP contribution in [0.1, 0.15) is 27.3 Å². The van der Waals surface area contributed by atoms with E-state index in [1.807, 2.05) is 26.8 Å². The first-order valence-electron chi connectivity index (χ1n) is 7.91. The summed E-state index contributed by atoms with van der Waals surface area (Å²) in [5.74, 6) is -0.431. The lowest BCUT2D eigenvalue weighted by Gasteiger charge is -2.05. The van der Waals surface area contributed by atoms with E-state index in [4.69, 9.17) is 4.74 Å². The summed E-state index contributed by atoms with van der Waals surface area (Å²) >= 11 is 0. The molecule has 25 heavy (non-hydrogen) atoms. The summed E-state index contributed by atoms with van der Waals surface area (Å²) < 4.78 is 6.65. The number of aryl methyl sites for hydroxylation is 4. The van der Waals surface area contributed by atoms with Crippen LogP contribution in [0.15, 0.2) is 24.3 Å². The molecule has 1 amide bonds. The highest BCUT2D eigenvalue weighted by Crippen LogP contribution is 2.21. The number of carbonyl (C=O) groups excluding carboxylic acids is 2. The van der Waals surface area contributed by atoms with Crippen molar-refractivity contribution in [2.45, 2.75) is 20.8 Å². The van der Waals surface area contributed by atoms with Gasteiger partial charge in [-0.2, -0.15) is 5.10 Å². The predicted octanol–water partition coefficient (Wildman–Crippen LogP) is 2.62. The largest absolute Gasteiger partial charge is 0.451 e. The Morgan fingerprint density at radius 2 is 1.96 bits per heavy atom. The molecule has 0 aliphatic rings. The fourth-order valence-electron chi connectivity index (χ4n) is 2.82. The van der Waals surface area contributed by atoms with E-state index in [1.54, 1.807) is 23.9 Å². The standard InChI is InChI=1S/C18H20N4O3/c1-10-5-11(2)13-8-15(19-14(13)6-10)18(24)25-9-17(23)20-16-7-12(3)21-22(16)4/h5-8,19H,9H2,1-4H3,(H,20,23). The molecule has 130 valence electrons. The number of anilines is 1. The van der Waals surface area contributed by atoms with Gasteiger partial charge in [0.25, 0.3) is 5.91 Å². The molecule has 0 atom stereocenters. The Labute approximate surface area is 145 Å². The molecule has 7 heteroatoms. The Morgan fingerprint density at radius 1 is 1.20 bits per heavy atom. The third-order valence-corrected chi connectivity index (χ3v) is 3.91. The van der Waals surface area contributed by atoms with Gasteiger partial charge in [0.05, 0.1) is 5.69 Å². The molecule has 0 radical (unpaired) electrons. The number of nitrogens with zero attached hydrogens (tertiary/aromatic N) is 2.